The summed E-state index contributed by atoms with van der Waals surface area (Å²) in [5.74, 6) is 0.489. The molecule has 0 unspecified atom stereocenters. The van der Waals surface area contributed by atoms with Gasteiger partial charge >= 0.3 is 0 Å². The van der Waals surface area contributed by atoms with Gasteiger partial charge in [-0.3, -0.25) is 4.79 Å². The van der Waals surface area contributed by atoms with Crippen molar-refractivity contribution in [2.45, 2.75) is 26.3 Å². The van der Waals surface area contributed by atoms with Crippen LogP contribution in [0.3, 0.4) is 0 Å². The Labute approximate surface area is 124 Å². The lowest BCUT2D eigenvalue weighted by atomic mass is 10.2. The van der Waals surface area contributed by atoms with Crippen LogP contribution in [0.2, 0.25) is 0 Å². The fourth-order valence-corrected chi connectivity index (χ4v) is 1.84. The van der Waals surface area contributed by atoms with E-state index >= 15 is 0 Å². The molecule has 0 aliphatic carbocycles. The van der Waals surface area contributed by atoms with E-state index in [0.717, 1.165) is 18.4 Å². The molecule has 1 heterocycles. The Morgan fingerprint density at radius 2 is 2.00 bits per heavy atom. The molecule has 21 heavy (non-hydrogen) atoms. The van der Waals surface area contributed by atoms with Gasteiger partial charge in [0.05, 0.1) is 0 Å². The van der Waals surface area contributed by atoms with Gasteiger partial charge in [0.15, 0.2) is 0 Å². The van der Waals surface area contributed by atoms with E-state index in [4.69, 9.17) is 0 Å². The summed E-state index contributed by atoms with van der Waals surface area (Å²) in [5, 5.41) is 6.04. The Morgan fingerprint density at radius 1 is 1.19 bits per heavy atom. The van der Waals surface area contributed by atoms with Crippen LogP contribution < -0.4 is 10.6 Å². The van der Waals surface area contributed by atoms with Gasteiger partial charge in [-0.25, -0.2) is 9.97 Å². The number of hydrogen-bond donors (Lipinski definition) is 2. The molecule has 2 rings (SSSR count). The quantitative estimate of drug-likeness (QED) is 0.767. The van der Waals surface area contributed by atoms with Crippen molar-refractivity contribution in [1.29, 1.82) is 0 Å². The van der Waals surface area contributed by atoms with Crippen LogP contribution in [0, 0.1) is 0 Å². The molecule has 0 spiro atoms. The molecule has 0 fully saturated rings. The summed E-state index contributed by atoms with van der Waals surface area (Å²) in [6.07, 6.45) is 3.42. The molecule has 110 valence electrons. The summed E-state index contributed by atoms with van der Waals surface area (Å²) < 4.78 is 0. The van der Waals surface area contributed by atoms with Crippen molar-refractivity contribution >= 4 is 11.7 Å². The molecule has 0 saturated carbocycles. The van der Waals surface area contributed by atoms with Crippen LogP contribution in [0.5, 0.6) is 0 Å². The molecule has 1 amide bonds. The number of unbranched alkanes of at least 4 members (excludes halogenated alkanes) is 1. The number of amides is 1. The Balaban J connectivity index is 1.92. The fourth-order valence-electron chi connectivity index (χ4n) is 1.84. The van der Waals surface area contributed by atoms with Crippen LogP contribution in [0.4, 0.5) is 5.82 Å². The van der Waals surface area contributed by atoms with E-state index in [1.807, 2.05) is 30.3 Å². The molecule has 1 aromatic carbocycles. The van der Waals surface area contributed by atoms with Crippen LogP contribution in [-0.2, 0) is 6.54 Å². The zero-order chi connectivity index (χ0) is 14.9. The molecular formula is C16H20N4O. The second-order valence-electron chi connectivity index (χ2n) is 4.74. The lowest BCUT2D eigenvalue weighted by Crippen LogP contribution is -2.25. The summed E-state index contributed by atoms with van der Waals surface area (Å²) in [7, 11) is 0. The maximum atomic E-state index is 11.9. The van der Waals surface area contributed by atoms with Crippen molar-refractivity contribution in [2.75, 3.05) is 11.9 Å². The first kappa shape index (κ1) is 15.0. The van der Waals surface area contributed by atoms with E-state index < -0.39 is 0 Å². The summed E-state index contributed by atoms with van der Waals surface area (Å²) in [6, 6.07) is 11.7. The minimum Gasteiger partial charge on any atom is -0.366 e. The van der Waals surface area contributed by atoms with E-state index in [2.05, 4.69) is 27.5 Å². The average molecular weight is 284 g/mol. The molecule has 5 nitrogen and oxygen atoms in total. The van der Waals surface area contributed by atoms with E-state index in [-0.39, 0.29) is 5.91 Å². The first-order chi connectivity index (χ1) is 10.3. The van der Waals surface area contributed by atoms with Gasteiger partial charge < -0.3 is 10.6 Å². The number of hydrogen-bond acceptors (Lipinski definition) is 4. The third kappa shape index (κ3) is 4.87. The van der Waals surface area contributed by atoms with Crippen LogP contribution in [0.1, 0.15) is 35.8 Å². The van der Waals surface area contributed by atoms with Crippen LogP contribution >= 0.6 is 0 Å². The van der Waals surface area contributed by atoms with Crippen molar-refractivity contribution in [3.63, 3.8) is 0 Å². The van der Waals surface area contributed by atoms with Gasteiger partial charge in [0.2, 0.25) is 0 Å². The standard InChI is InChI=1S/C16H20N4O/c1-2-3-9-17-16(21)14-10-15(20-12-19-14)18-11-13-7-5-4-6-8-13/h4-8,10,12H,2-3,9,11H2,1H3,(H,17,21)(H,18,19,20). The van der Waals surface area contributed by atoms with E-state index in [0.29, 0.717) is 24.6 Å². The number of nitrogens with one attached hydrogen (secondary N) is 2. The van der Waals surface area contributed by atoms with Gasteiger partial charge in [0.1, 0.15) is 17.8 Å². The number of rotatable bonds is 7. The second kappa shape index (κ2) is 7.99. The summed E-state index contributed by atoms with van der Waals surface area (Å²) in [5.41, 5.74) is 1.54. The van der Waals surface area contributed by atoms with Crippen molar-refractivity contribution in [3.8, 4) is 0 Å². The predicted octanol–water partition coefficient (Wildman–Crippen LogP) is 2.62. The highest BCUT2D eigenvalue weighted by Gasteiger charge is 2.07. The highest BCUT2D eigenvalue weighted by molar-refractivity contribution is 5.92. The number of nitrogens with zero attached hydrogens (tertiary/aromatic N) is 2. The highest BCUT2D eigenvalue weighted by atomic mass is 16.1. The van der Waals surface area contributed by atoms with Gasteiger partial charge in [-0.15, -0.1) is 0 Å². The maximum Gasteiger partial charge on any atom is 0.270 e. The van der Waals surface area contributed by atoms with Crippen molar-refractivity contribution in [1.82, 2.24) is 15.3 Å². The Kier molecular flexibility index (Phi) is 5.70. The summed E-state index contributed by atoms with van der Waals surface area (Å²) >= 11 is 0. The van der Waals surface area contributed by atoms with E-state index in [9.17, 15) is 4.79 Å². The topological polar surface area (TPSA) is 66.9 Å². The molecule has 5 heteroatoms. The van der Waals surface area contributed by atoms with E-state index in [1.165, 1.54) is 6.33 Å². The van der Waals surface area contributed by atoms with Crippen molar-refractivity contribution in [2.24, 2.45) is 0 Å². The molecule has 0 radical (unpaired) electrons. The third-order valence-electron chi connectivity index (χ3n) is 3.03. The van der Waals surface area contributed by atoms with Crippen molar-refractivity contribution < 1.29 is 4.79 Å². The van der Waals surface area contributed by atoms with Gasteiger partial charge in [0.25, 0.3) is 5.91 Å². The molecule has 2 N–H and O–H groups in total. The maximum absolute atomic E-state index is 11.9. The molecule has 0 bridgehead atoms. The monoisotopic (exact) mass is 284 g/mol. The third-order valence-corrected chi connectivity index (χ3v) is 3.03. The van der Waals surface area contributed by atoms with Gasteiger partial charge in [0, 0.05) is 19.2 Å². The van der Waals surface area contributed by atoms with Crippen LogP contribution in [0.25, 0.3) is 0 Å². The normalized spacial score (nSPS) is 10.1. The molecule has 0 aliphatic heterocycles. The summed E-state index contributed by atoms with van der Waals surface area (Å²) in [6.45, 7) is 3.42. The number of aromatic nitrogens is 2. The van der Waals surface area contributed by atoms with Gasteiger partial charge in [-0.1, -0.05) is 43.7 Å². The largest absolute Gasteiger partial charge is 0.366 e. The zero-order valence-electron chi connectivity index (χ0n) is 12.2. The smallest absolute Gasteiger partial charge is 0.270 e. The molecule has 0 aliphatic rings. The van der Waals surface area contributed by atoms with Crippen LogP contribution in [0.15, 0.2) is 42.7 Å². The Morgan fingerprint density at radius 3 is 2.76 bits per heavy atom. The Hall–Kier alpha value is -2.43. The van der Waals surface area contributed by atoms with E-state index in [1.54, 1.807) is 6.07 Å². The minimum atomic E-state index is -0.159. The molecule has 1 aromatic heterocycles. The molecular weight excluding hydrogens is 264 g/mol. The highest BCUT2D eigenvalue weighted by Crippen LogP contribution is 2.07. The van der Waals surface area contributed by atoms with Gasteiger partial charge in [-0.05, 0) is 12.0 Å². The number of carbonyl (C=O) groups is 1. The lowest BCUT2D eigenvalue weighted by molar-refractivity contribution is 0.0948. The zero-order valence-corrected chi connectivity index (χ0v) is 12.2. The lowest BCUT2D eigenvalue weighted by Gasteiger charge is -2.07. The molecule has 0 atom stereocenters. The number of benzene rings is 1. The van der Waals surface area contributed by atoms with Crippen molar-refractivity contribution in [3.05, 3.63) is 54.0 Å². The second-order valence-corrected chi connectivity index (χ2v) is 4.74. The first-order valence-electron chi connectivity index (χ1n) is 7.17. The minimum absolute atomic E-state index is 0.159. The predicted molar refractivity (Wildman–Crippen MR) is 83.0 cm³/mol. The first-order valence-corrected chi connectivity index (χ1v) is 7.17. The number of anilines is 1. The SMILES string of the molecule is CCCCNC(=O)c1cc(NCc2ccccc2)ncn1. The molecule has 2 aromatic rings. The van der Waals surface area contributed by atoms with Crippen LogP contribution in [-0.4, -0.2) is 22.4 Å². The molecule has 0 saturated heterocycles. The average Bonchev–Trinajstić information content (AvgIpc) is 2.54. The Bertz CT molecular complexity index is 571. The summed E-state index contributed by atoms with van der Waals surface area (Å²) in [4.78, 5) is 20.1. The fraction of sp³-hybridized carbons (Fsp3) is 0.312. The van der Waals surface area contributed by atoms with Gasteiger partial charge in [-0.2, -0.15) is 0 Å². The number of carbonyl (C=O) groups excluding carboxylic acids is 1.